The number of nitrogens with one attached hydrogen (secondary N) is 2. The number of hydrogen-bond donors (Lipinski definition) is 3. The van der Waals surface area contributed by atoms with Gasteiger partial charge in [-0.25, -0.2) is 4.98 Å². The van der Waals surface area contributed by atoms with Crippen LogP contribution in [0.5, 0.6) is 0 Å². The van der Waals surface area contributed by atoms with Crippen LogP contribution in [0.15, 0.2) is 71.7 Å². The fourth-order valence-electron chi connectivity index (χ4n) is 3.75. The first-order valence-corrected chi connectivity index (χ1v) is 10.6. The third-order valence-electron chi connectivity index (χ3n) is 6.00. The average Bonchev–Trinajstić information content (AvgIpc) is 3.63. The second-order valence-electron chi connectivity index (χ2n) is 8.24. The minimum Gasteiger partial charge on any atom is -0.481 e. The Morgan fingerprint density at radius 1 is 1.00 bits per heavy atom. The van der Waals surface area contributed by atoms with Crippen LogP contribution in [0, 0.1) is 5.41 Å². The highest BCUT2D eigenvalue weighted by atomic mass is 16.4. The number of hydrogen-bond acceptors (Lipinski definition) is 5. The predicted octanol–water partition coefficient (Wildman–Crippen LogP) is 2.77. The second kappa shape index (κ2) is 9.20. The van der Waals surface area contributed by atoms with Gasteiger partial charge < -0.3 is 15.4 Å². The SMILES string of the molecule is O=C(NCC1(C(=O)O)CC1)c1ncc(C(=O)CC(c2ccccc2)c2ccccc2)c(=O)[nH]1. The molecule has 8 nitrogen and oxygen atoms in total. The van der Waals surface area contributed by atoms with E-state index in [1.54, 1.807) is 0 Å². The van der Waals surface area contributed by atoms with Gasteiger partial charge in [0.05, 0.1) is 5.41 Å². The summed E-state index contributed by atoms with van der Waals surface area (Å²) >= 11 is 0. The number of rotatable bonds is 9. The lowest BCUT2D eigenvalue weighted by Crippen LogP contribution is -2.36. The molecule has 168 valence electrons. The molecule has 2 aromatic carbocycles. The van der Waals surface area contributed by atoms with Crippen LogP contribution < -0.4 is 10.9 Å². The van der Waals surface area contributed by atoms with Crippen LogP contribution in [0.3, 0.4) is 0 Å². The summed E-state index contributed by atoms with van der Waals surface area (Å²) in [6, 6.07) is 19.1. The molecule has 1 fully saturated rings. The smallest absolute Gasteiger partial charge is 0.311 e. The van der Waals surface area contributed by atoms with E-state index in [4.69, 9.17) is 0 Å². The maximum absolute atomic E-state index is 13.0. The van der Waals surface area contributed by atoms with Crippen molar-refractivity contribution >= 4 is 17.7 Å². The normalized spacial score (nSPS) is 14.0. The second-order valence-corrected chi connectivity index (χ2v) is 8.24. The van der Waals surface area contributed by atoms with Crippen molar-refractivity contribution in [3.63, 3.8) is 0 Å². The molecule has 0 bridgehead atoms. The highest BCUT2D eigenvalue weighted by Gasteiger charge is 2.50. The van der Waals surface area contributed by atoms with E-state index in [1.807, 2.05) is 60.7 Å². The Labute approximate surface area is 189 Å². The molecule has 0 spiro atoms. The van der Waals surface area contributed by atoms with E-state index in [-0.39, 0.29) is 30.3 Å². The van der Waals surface area contributed by atoms with Crippen LogP contribution in [0.2, 0.25) is 0 Å². The quantitative estimate of drug-likeness (QED) is 0.434. The largest absolute Gasteiger partial charge is 0.481 e. The molecule has 1 amide bonds. The van der Waals surface area contributed by atoms with Gasteiger partial charge in [0.15, 0.2) is 11.6 Å². The molecule has 0 atom stereocenters. The zero-order valence-corrected chi connectivity index (χ0v) is 17.8. The molecule has 0 radical (unpaired) electrons. The molecule has 4 rings (SSSR count). The van der Waals surface area contributed by atoms with Crippen LogP contribution in [0.1, 0.15) is 57.3 Å². The highest BCUT2D eigenvalue weighted by molar-refractivity contribution is 5.97. The van der Waals surface area contributed by atoms with Gasteiger partial charge in [-0.3, -0.25) is 19.2 Å². The summed E-state index contributed by atoms with van der Waals surface area (Å²) < 4.78 is 0. The van der Waals surface area contributed by atoms with E-state index in [2.05, 4.69) is 15.3 Å². The lowest BCUT2D eigenvalue weighted by atomic mass is 9.86. The zero-order chi connectivity index (χ0) is 23.4. The molecular formula is C25H23N3O5. The molecule has 1 aliphatic rings. The van der Waals surface area contributed by atoms with E-state index in [1.165, 1.54) is 0 Å². The van der Waals surface area contributed by atoms with Gasteiger partial charge in [-0.1, -0.05) is 60.7 Å². The Morgan fingerprint density at radius 2 is 1.58 bits per heavy atom. The van der Waals surface area contributed by atoms with Crippen LogP contribution >= 0.6 is 0 Å². The van der Waals surface area contributed by atoms with Gasteiger partial charge >= 0.3 is 5.97 Å². The number of ketones is 1. The number of amides is 1. The van der Waals surface area contributed by atoms with Gasteiger partial charge in [-0.05, 0) is 24.0 Å². The number of carboxylic acids is 1. The fraction of sp³-hybridized carbons (Fsp3) is 0.240. The summed E-state index contributed by atoms with van der Waals surface area (Å²) in [6.07, 6.45) is 2.15. The number of carboxylic acid groups (broad SMARTS) is 1. The van der Waals surface area contributed by atoms with E-state index in [9.17, 15) is 24.3 Å². The molecule has 1 heterocycles. The van der Waals surface area contributed by atoms with Gasteiger partial charge in [0.2, 0.25) is 0 Å². The summed E-state index contributed by atoms with van der Waals surface area (Å²) in [7, 11) is 0. The average molecular weight is 445 g/mol. The number of carbonyl (C=O) groups excluding carboxylic acids is 2. The number of nitrogens with zero attached hydrogens (tertiary/aromatic N) is 1. The van der Waals surface area contributed by atoms with Crippen LogP contribution in [-0.4, -0.2) is 39.3 Å². The van der Waals surface area contributed by atoms with Gasteiger partial charge in [-0.15, -0.1) is 0 Å². The third-order valence-corrected chi connectivity index (χ3v) is 6.00. The first-order chi connectivity index (χ1) is 15.9. The lowest BCUT2D eigenvalue weighted by molar-refractivity contribution is -0.143. The lowest BCUT2D eigenvalue weighted by Gasteiger charge is -2.17. The number of Topliss-reactive ketones (excluding diaryl/α,β-unsaturated/α-hetero) is 1. The van der Waals surface area contributed by atoms with Gasteiger partial charge in [0.25, 0.3) is 11.5 Å². The van der Waals surface area contributed by atoms with Crippen LogP contribution in [-0.2, 0) is 4.79 Å². The first-order valence-electron chi connectivity index (χ1n) is 10.6. The molecule has 1 aromatic heterocycles. The van der Waals surface area contributed by atoms with Crippen LogP contribution in [0.4, 0.5) is 0 Å². The summed E-state index contributed by atoms with van der Waals surface area (Å²) in [6.45, 7) is -0.0403. The fourth-order valence-corrected chi connectivity index (χ4v) is 3.75. The Bertz CT molecular complexity index is 1190. The Morgan fingerprint density at radius 3 is 2.06 bits per heavy atom. The molecule has 8 heteroatoms. The number of H-pyrrole nitrogens is 1. The maximum atomic E-state index is 13.0. The maximum Gasteiger partial charge on any atom is 0.311 e. The molecule has 1 aliphatic carbocycles. The standard InChI is InChI=1S/C25H23N3O5/c29-20(13-18(16-7-3-1-4-8-16)17-9-5-2-6-10-17)19-14-26-21(28-22(19)30)23(31)27-15-25(11-12-25)24(32)33/h1-10,14,18H,11-13,15H2,(H,27,31)(H,32,33)(H,26,28,30). The molecular weight excluding hydrogens is 422 g/mol. The summed E-state index contributed by atoms with van der Waals surface area (Å²) in [5.41, 5.74) is 0.122. The number of aliphatic carboxylic acids is 1. The number of carbonyl (C=O) groups is 3. The van der Waals surface area contributed by atoms with Gasteiger partial charge in [0, 0.05) is 25.1 Å². The molecule has 0 saturated heterocycles. The van der Waals surface area contributed by atoms with E-state index >= 15 is 0 Å². The van der Waals surface area contributed by atoms with Crippen molar-refractivity contribution in [2.75, 3.05) is 6.54 Å². The molecule has 3 aromatic rings. The Kier molecular flexibility index (Phi) is 6.17. The summed E-state index contributed by atoms with van der Waals surface area (Å²) in [4.78, 5) is 55.4. The topological polar surface area (TPSA) is 129 Å². The highest BCUT2D eigenvalue weighted by Crippen LogP contribution is 2.45. The minimum absolute atomic E-state index is 0.0403. The summed E-state index contributed by atoms with van der Waals surface area (Å²) in [5, 5.41) is 11.7. The van der Waals surface area contributed by atoms with E-state index < -0.39 is 28.6 Å². The van der Waals surface area contributed by atoms with Crippen molar-refractivity contribution in [1.82, 2.24) is 15.3 Å². The van der Waals surface area contributed by atoms with Crippen molar-refractivity contribution in [3.05, 3.63) is 99.7 Å². The first kappa shape index (κ1) is 22.1. The molecule has 3 N–H and O–H groups in total. The van der Waals surface area contributed by atoms with Crippen molar-refractivity contribution in [1.29, 1.82) is 0 Å². The van der Waals surface area contributed by atoms with E-state index in [0.29, 0.717) is 12.8 Å². The Balaban J connectivity index is 1.50. The molecule has 0 aliphatic heterocycles. The minimum atomic E-state index is -0.961. The van der Waals surface area contributed by atoms with Gasteiger partial charge in [0.1, 0.15) is 5.56 Å². The zero-order valence-electron chi connectivity index (χ0n) is 17.8. The Hall–Kier alpha value is -4.07. The monoisotopic (exact) mass is 445 g/mol. The van der Waals surface area contributed by atoms with Crippen molar-refractivity contribution < 1.29 is 19.5 Å². The van der Waals surface area contributed by atoms with Crippen LogP contribution in [0.25, 0.3) is 0 Å². The van der Waals surface area contributed by atoms with Crippen molar-refractivity contribution in [2.24, 2.45) is 5.41 Å². The van der Waals surface area contributed by atoms with Crippen molar-refractivity contribution in [3.8, 4) is 0 Å². The predicted molar refractivity (Wildman–Crippen MR) is 120 cm³/mol. The number of aromatic nitrogens is 2. The number of aromatic amines is 1. The molecule has 0 unspecified atom stereocenters. The summed E-state index contributed by atoms with van der Waals surface area (Å²) in [5.74, 6) is -2.55. The molecule has 33 heavy (non-hydrogen) atoms. The van der Waals surface area contributed by atoms with E-state index in [0.717, 1.165) is 17.3 Å². The van der Waals surface area contributed by atoms with Crippen molar-refractivity contribution in [2.45, 2.75) is 25.2 Å². The third kappa shape index (κ3) is 4.90. The van der Waals surface area contributed by atoms with Gasteiger partial charge in [-0.2, -0.15) is 0 Å². The molecule has 1 saturated carbocycles. The number of benzene rings is 2.